The summed E-state index contributed by atoms with van der Waals surface area (Å²) in [6.07, 6.45) is 3.56. The van der Waals surface area contributed by atoms with Gasteiger partial charge in [-0.15, -0.1) is 0 Å². The highest BCUT2D eigenvalue weighted by Gasteiger charge is 2.26. The lowest BCUT2D eigenvalue weighted by Gasteiger charge is -2.18. The van der Waals surface area contributed by atoms with Gasteiger partial charge in [-0.2, -0.15) is 0 Å². The minimum Gasteiger partial charge on any atom is -0.396 e. The van der Waals surface area contributed by atoms with E-state index in [9.17, 15) is 5.11 Å². The number of aliphatic hydroxyl groups is 1. The van der Waals surface area contributed by atoms with Crippen LogP contribution in [0.15, 0.2) is 4.99 Å². The highest BCUT2D eigenvalue weighted by atomic mass is 16.3. The molecular weight excluding hydrogens is 202 g/mol. The van der Waals surface area contributed by atoms with Crippen molar-refractivity contribution in [3.8, 4) is 0 Å². The summed E-state index contributed by atoms with van der Waals surface area (Å²) in [5.74, 6) is 2.08. The Morgan fingerprint density at radius 3 is 2.75 bits per heavy atom. The molecule has 2 atom stereocenters. The van der Waals surface area contributed by atoms with Crippen molar-refractivity contribution in [2.24, 2.45) is 28.5 Å². The maximum absolute atomic E-state index is 9.19. The standard InChI is InChI=1S/C12H25N3O/c1-9(2)6-14-12(13)15-7-10-4-3-5-11(10)8-16/h9-11,16H,3-8H2,1-2H3,(H3,13,14,15). The Morgan fingerprint density at radius 2 is 2.12 bits per heavy atom. The number of aliphatic hydroxyl groups excluding tert-OH is 1. The third-order valence-electron chi connectivity index (χ3n) is 3.22. The molecule has 1 aliphatic carbocycles. The van der Waals surface area contributed by atoms with Crippen molar-refractivity contribution < 1.29 is 5.11 Å². The van der Waals surface area contributed by atoms with Gasteiger partial charge in [-0.3, -0.25) is 4.99 Å². The first kappa shape index (κ1) is 13.3. The molecule has 94 valence electrons. The molecule has 0 radical (unpaired) electrons. The van der Waals surface area contributed by atoms with Crippen molar-refractivity contribution in [3.63, 3.8) is 0 Å². The zero-order valence-corrected chi connectivity index (χ0v) is 10.4. The summed E-state index contributed by atoms with van der Waals surface area (Å²) in [6, 6.07) is 0. The fourth-order valence-corrected chi connectivity index (χ4v) is 2.20. The number of nitrogens with two attached hydrogens (primary N) is 1. The van der Waals surface area contributed by atoms with Gasteiger partial charge in [0.1, 0.15) is 0 Å². The molecule has 1 fully saturated rings. The number of guanidine groups is 1. The van der Waals surface area contributed by atoms with Crippen LogP contribution in [0.4, 0.5) is 0 Å². The quantitative estimate of drug-likeness (QED) is 0.484. The van der Waals surface area contributed by atoms with Crippen molar-refractivity contribution in [2.45, 2.75) is 33.1 Å². The van der Waals surface area contributed by atoms with Crippen LogP contribution in [0.3, 0.4) is 0 Å². The minimum absolute atomic E-state index is 0.301. The maximum atomic E-state index is 9.19. The number of hydrogen-bond donors (Lipinski definition) is 3. The molecule has 0 amide bonds. The first-order chi connectivity index (χ1) is 7.63. The van der Waals surface area contributed by atoms with Gasteiger partial charge in [0.15, 0.2) is 5.96 Å². The zero-order valence-electron chi connectivity index (χ0n) is 10.4. The summed E-state index contributed by atoms with van der Waals surface area (Å²) in [5.41, 5.74) is 5.76. The molecule has 2 unspecified atom stereocenters. The number of nitrogens with zero attached hydrogens (tertiary/aromatic N) is 1. The molecule has 0 bridgehead atoms. The van der Waals surface area contributed by atoms with Crippen LogP contribution in [0, 0.1) is 17.8 Å². The highest BCUT2D eigenvalue weighted by Crippen LogP contribution is 2.30. The van der Waals surface area contributed by atoms with E-state index in [1.54, 1.807) is 0 Å². The Bertz CT molecular complexity index is 228. The van der Waals surface area contributed by atoms with E-state index >= 15 is 0 Å². The van der Waals surface area contributed by atoms with Gasteiger partial charge in [-0.05, 0) is 30.6 Å². The van der Waals surface area contributed by atoms with Gasteiger partial charge in [0.05, 0.1) is 0 Å². The SMILES string of the molecule is CC(C)CN=C(N)NCC1CCCC1CO. The predicted octanol–water partition coefficient (Wildman–Crippen LogP) is 0.955. The van der Waals surface area contributed by atoms with Gasteiger partial charge >= 0.3 is 0 Å². The molecule has 1 saturated carbocycles. The van der Waals surface area contributed by atoms with Crippen LogP contribution in [0.25, 0.3) is 0 Å². The van der Waals surface area contributed by atoms with E-state index in [0.717, 1.165) is 19.5 Å². The van der Waals surface area contributed by atoms with Gasteiger partial charge < -0.3 is 16.2 Å². The molecule has 16 heavy (non-hydrogen) atoms. The first-order valence-corrected chi connectivity index (χ1v) is 6.28. The highest BCUT2D eigenvalue weighted by molar-refractivity contribution is 5.77. The summed E-state index contributed by atoms with van der Waals surface area (Å²) >= 11 is 0. The van der Waals surface area contributed by atoms with Crippen molar-refractivity contribution >= 4 is 5.96 Å². The Morgan fingerprint density at radius 1 is 1.44 bits per heavy atom. The predicted molar refractivity (Wildman–Crippen MR) is 67.2 cm³/mol. The Labute approximate surface area is 98.3 Å². The van der Waals surface area contributed by atoms with Crippen LogP contribution in [0.1, 0.15) is 33.1 Å². The van der Waals surface area contributed by atoms with Crippen LogP contribution in [-0.4, -0.2) is 30.8 Å². The van der Waals surface area contributed by atoms with E-state index in [1.165, 1.54) is 12.8 Å². The molecular formula is C12H25N3O. The van der Waals surface area contributed by atoms with E-state index in [0.29, 0.717) is 30.3 Å². The second-order valence-electron chi connectivity index (χ2n) is 5.13. The molecule has 4 heteroatoms. The smallest absolute Gasteiger partial charge is 0.188 e. The van der Waals surface area contributed by atoms with Crippen LogP contribution >= 0.6 is 0 Å². The number of aliphatic imine (C=N–C) groups is 1. The summed E-state index contributed by atoms with van der Waals surface area (Å²) in [6.45, 7) is 6.16. The Kier molecular flexibility index (Phi) is 5.60. The van der Waals surface area contributed by atoms with E-state index in [1.807, 2.05) is 0 Å². The second-order valence-corrected chi connectivity index (χ2v) is 5.13. The third-order valence-corrected chi connectivity index (χ3v) is 3.22. The van der Waals surface area contributed by atoms with Gasteiger partial charge in [-0.25, -0.2) is 0 Å². The molecule has 0 heterocycles. The molecule has 0 aromatic rings. The van der Waals surface area contributed by atoms with Crippen molar-refractivity contribution in [2.75, 3.05) is 19.7 Å². The molecule has 0 spiro atoms. The molecule has 0 aromatic carbocycles. The van der Waals surface area contributed by atoms with Gasteiger partial charge in [0.2, 0.25) is 0 Å². The Balaban J connectivity index is 2.25. The average Bonchev–Trinajstić information content (AvgIpc) is 2.70. The number of nitrogens with one attached hydrogen (secondary N) is 1. The van der Waals surface area contributed by atoms with Gasteiger partial charge in [0.25, 0.3) is 0 Å². The summed E-state index contributed by atoms with van der Waals surface area (Å²) < 4.78 is 0. The fourth-order valence-electron chi connectivity index (χ4n) is 2.20. The lowest BCUT2D eigenvalue weighted by molar-refractivity contribution is 0.195. The molecule has 1 aliphatic rings. The van der Waals surface area contributed by atoms with Crippen molar-refractivity contribution in [1.29, 1.82) is 0 Å². The van der Waals surface area contributed by atoms with E-state index in [4.69, 9.17) is 5.73 Å². The molecule has 0 saturated heterocycles. The average molecular weight is 227 g/mol. The Hall–Kier alpha value is -0.770. The van der Waals surface area contributed by atoms with Gasteiger partial charge in [-0.1, -0.05) is 20.3 Å². The maximum Gasteiger partial charge on any atom is 0.188 e. The second kappa shape index (κ2) is 6.74. The van der Waals surface area contributed by atoms with E-state index in [-0.39, 0.29) is 0 Å². The molecule has 0 aromatic heterocycles. The monoisotopic (exact) mass is 227 g/mol. The summed E-state index contributed by atoms with van der Waals surface area (Å²) in [4.78, 5) is 4.26. The van der Waals surface area contributed by atoms with Gasteiger partial charge in [0, 0.05) is 19.7 Å². The summed E-state index contributed by atoms with van der Waals surface area (Å²) in [5, 5.41) is 12.3. The van der Waals surface area contributed by atoms with Crippen LogP contribution in [0.5, 0.6) is 0 Å². The fraction of sp³-hybridized carbons (Fsp3) is 0.917. The zero-order chi connectivity index (χ0) is 12.0. The van der Waals surface area contributed by atoms with Crippen LogP contribution < -0.4 is 11.1 Å². The van der Waals surface area contributed by atoms with Crippen molar-refractivity contribution in [3.05, 3.63) is 0 Å². The molecule has 0 aliphatic heterocycles. The van der Waals surface area contributed by atoms with Crippen molar-refractivity contribution in [1.82, 2.24) is 5.32 Å². The third kappa shape index (κ3) is 4.39. The summed E-state index contributed by atoms with van der Waals surface area (Å²) in [7, 11) is 0. The largest absolute Gasteiger partial charge is 0.396 e. The molecule has 4 N–H and O–H groups in total. The number of rotatable bonds is 5. The normalized spacial score (nSPS) is 26.4. The van der Waals surface area contributed by atoms with Crippen LogP contribution in [-0.2, 0) is 0 Å². The van der Waals surface area contributed by atoms with Crippen LogP contribution in [0.2, 0.25) is 0 Å². The lowest BCUT2D eigenvalue weighted by atomic mass is 9.97. The van der Waals surface area contributed by atoms with E-state index < -0.39 is 0 Å². The topological polar surface area (TPSA) is 70.6 Å². The molecule has 4 nitrogen and oxygen atoms in total. The van der Waals surface area contributed by atoms with E-state index in [2.05, 4.69) is 24.2 Å². The number of hydrogen-bond acceptors (Lipinski definition) is 2. The minimum atomic E-state index is 0.301. The first-order valence-electron chi connectivity index (χ1n) is 6.28. The lowest BCUT2D eigenvalue weighted by Crippen LogP contribution is -2.37. The molecule has 1 rings (SSSR count).